The van der Waals surface area contributed by atoms with Crippen LogP contribution in [0.15, 0.2) is 28.7 Å². The molecule has 2 aromatic rings. The van der Waals surface area contributed by atoms with Crippen molar-refractivity contribution in [1.29, 1.82) is 0 Å². The van der Waals surface area contributed by atoms with Gasteiger partial charge in [-0.25, -0.2) is 4.79 Å². The summed E-state index contributed by atoms with van der Waals surface area (Å²) >= 11 is 0. The highest BCUT2D eigenvalue weighted by Crippen LogP contribution is 2.21. The number of primary amides is 1. The third-order valence-corrected chi connectivity index (χ3v) is 3.02. The second kappa shape index (κ2) is 5.75. The van der Waals surface area contributed by atoms with E-state index >= 15 is 0 Å². The zero-order chi connectivity index (χ0) is 14.7. The Morgan fingerprint density at radius 2 is 2.10 bits per heavy atom. The van der Waals surface area contributed by atoms with Crippen LogP contribution in [0.25, 0.3) is 11.0 Å². The van der Waals surface area contributed by atoms with E-state index in [9.17, 15) is 9.59 Å². The summed E-state index contributed by atoms with van der Waals surface area (Å²) in [6, 6.07) is 6.93. The number of hydrogen-bond acceptors (Lipinski definition) is 4. The largest absolute Gasteiger partial charge is 0.475 e. The maximum Gasteiger partial charge on any atom is 0.371 e. The molecule has 0 aliphatic carbocycles. The summed E-state index contributed by atoms with van der Waals surface area (Å²) in [7, 11) is 0. The Labute approximate surface area is 115 Å². The number of furan rings is 1. The normalized spacial score (nSPS) is 11.1. The lowest BCUT2D eigenvalue weighted by atomic mass is 10.1. The van der Waals surface area contributed by atoms with Gasteiger partial charge in [-0.2, -0.15) is 0 Å². The standard InChI is InChI=1S/C14H16N2O4/c1-2-16(8-13(15)17)7-9-3-4-11-10(5-9)6-12(20-11)14(18)19/h3-6H,2,7-8H2,1H3,(H2,15,17)(H,18,19). The minimum absolute atomic E-state index is 0.0818. The number of fused-ring (bicyclic) bond motifs is 1. The summed E-state index contributed by atoms with van der Waals surface area (Å²) in [6.07, 6.45) is 0. The fourth-order valence-electron chi connectivity index (χ4n) is 2.05. The van der Waals surface area contributed by atoms with Gasteiger partial charge in [0.1, 0.15) is 5.58 Å². The van der Waals surface area contributed by atoms with Crippen LogP contribution < -0.4 is 5.73 Å². The molecule has 0 saturated heterocycles. The number of benzene rings is 1. The number of hydrogen-bond donors (Lipinski definition) is 2. The average molecular weight is 276 g/mol. The molecule has 2 rings (SSSR count). The van der Waals surface area contributed by atoms with Gasteiger partial charge in [-0.05, 0) is 30.3 Å². The van der Waals surface area contributed by atoms with Gasteiger partial charge in [0, 0.05) is 11.9 Å². The molecule has 0 bridgehead atoms. The molecule has 1 amide bonds. The van der Waals surface area contributed by atoms with Crippen molar-refractivity contribution in [3.8, 4) is 0 Å². The van der Waals surface area contributed by atoms with Crippen LogP contribution in [0.5, 0.6) is 0 Å². The number of carbonyl (C=O) groups excluding carboxylic acids is 1. The molecule has 1 aromatic heterocycles. The van der Waals surface area contributed by atoms with Gasteiger partial charge in [-0.15, -0.1) is 0 Å². The van der Waals surface area contributed by atoms with Crippen molar-refractivity contribution in [3.05, 3.63) is 35.6 Å². The molecule has 0 saturated carbocycles. The lowest BCUT2D eigenvalue weighted by molar-refractivity contribution is -0.119. The van der Waals surface area contributed by atoms with Crippen LogP contribution in [0.4, 0.5) is 0 Å². The Hall–Kier alpha value is -2.34. The number of amides is 1. The van der Waals surface area contributed by atoms with E-state index in [1.165, 1.54) is 6.07 Å². The summed E-state index contributed by atoms with van der Waals surface area (Å²) in [5.74, 6) is -1.54. The molecule has 0 spiro atoms. The van der Waals surface area contributed by atoms with Crippen LogP contribution in [-0.4, -0.2) is 35.0 Å². The van der Waals surface area contributed by atoms with Gasteiger partial charge < -0.3 is 15.3 Å². The molecule has 20 heavy (non-hydrogen) atoms. The first-order valence-electron chi connectivity index (χ1n) is 6.26. The maximum absolute atomic E-state index is 10.9. The third-order valence-electron chi connectivity index (χ3n) is 3.02. The number of carboxylic acid groups (broad SMARTS) is 1. The molecule has 0 aliphatic heterocycles. The summed E-state index contributed by atoms with van der Waals surface area (Å²) in [5, 5.41) is 9.62. The SMILES string of the molecule is CCN(CC(N)=O)Cc1ccc2oc(C(=O)O)cc2c1. The van der Waals surface area contributed by atoms with Crippen molar-refractivity contribution in [3.63, 3.8) is 0 Å². The number of carbonyl (C=O) groups is 2. The molecule has 1 aromatic carbocycles. The number of nitrogens with two attached hydrogens (primary N) is 1. The molecule has 0 aliphatic rings. The minimum atomic E-state index is -1.09. The fourth-order valence-corrected chi connectivity index (χ4v) is 2.05. The van der Waals surface area contributed by atoms with Gasteiger partial charge in [-0.3, -0.25) is 9.69 Å². The molecule has 0 radical (unpaired) electrons. The van der Waals surface area contributed by atoms with E-state index in [2.05, 4.69) is 0 Å². The van der Waals surface area contributed by atoms with Gasteiger partial charge in [0.2, 0.25) is 11.7 Å². The summed E-state index contributed by atoms with van der Waals surface area (Å²) < 4.78 is 5.19. The van der Waals surface area contributed by atoms with Crippen molar-refractivity contribution < 1.29 is 19.1 Å². The summed E-state index contributed by atoms with van der Waals surface area (Å²) in [6.45, 7) is 3.41. The van der Waals surface area contributed by atoms with Gasteiger partial charge in [-0.1, -0.05) is 13.0 Å². The van der Waals surface area contributed by atoms with E-state index in [1.807, 2.05) is 24.0 Å². The molecular weight excluding hydrogens is 260 g/mol. The predicted molar refractivity (Wildman–Crippen MR) is 73.3 cm³/mol. The van der Waals surface area contributed by atoms with E-state index in [0.717, 1.165) is 10.9 Å². The Morgan fingerprint density at radius 1 is 1.35 bits per heavy atom. The molecule has 1 heterocycles. The highest BCUT2D eigenvalue weighted by Gasteiger charge is 2.12. The van der Waals surface area contributed by atoms with Gasteiger partial charge >= 0.3 is 5.97 Å². The van der Waals surface area contributed by atoms with Crippen molar-refractivity contribution in [2.24, 2.45) is 5.73 Å². The van der Waals surface area contributed by atoms with Crippen LogP contribution >= 0.6 is 0 Å². The summed E-state index contributed by atoms with van der Waals surface area (Å²) in [5.41, 5.74) is 6.69. The molecule has 106 valence electrons. The van der Waals surface area contributed by atoms with E-state index < -0.39 is 5.97 Å². The molecule has 6 heteroatoms. The van der Waals surface area contributed by atoms with Crippen molar-refractivity contribution >= 4 is 22.8 Å². The summed E-state index contributed by atoms with van der Waals surface area (Å²) in [4.78, 5) is 23.7. The number of aromatic carboxylic acids is 1. The van der Waals surface area contributed by atoms with Gasteiger partial charge in [0.05, 0.1) is 6.54 Å². The lowest BCUT2D eigenvalue weighted by Crippen LogP contribution is -2.33. The molecular formula is C14H16N2O4. The number of carboxylic acids is 1. The molecule has 3 N–H and O–H groups in total. The highest BCUT2D eigenvalue weighted by molar-refractivity contribution is 5.91. The van der Waals surface area contributed by atoms with E-state index in [1.54, 1.807) is 6.07 Å². The Bertz CT molecular complexity index is 648. The smallest absolute Gasteiger partial charge is 0.371 e. The first kappa shape index (κ1) is 14.1. The molecule has 0 atom stereocenters. The minimum Gasteiger partial charge on any atom is -0.475 e. The molecule has 6 nitrogen and oxygen atoms in total. The van der Waals surface area contributed by atoms with Gasteiger partial charge in [0.25, 0.3) is 0 Å². The van der Waals surface area contributed by atoms with Crippen LogP contribution in [-0.2, 0) is 11.3 Å². The molecule has 0 unspecified atom stereocenters. The quantitative estimate of drug-likeness (QED) is 0.832. The van der Waals surface area contributed by atoms with E-state index in [0.29, 0.717) is 18.7 Å². The van der Waals surface area contributed by atoms with Crippen molar-refractivity contribution in [1.82, 2.24) is 4.90 Å². The second-order valence-electron chi connectivity index (χ2n) is 4.56. The van der Waals surface area contributed by atoms with Crippen LogP contribution in [0.2, 0.25) is 0 Å². The van der Waals surface area contributed by atoms with Crippen LogP contribution in [0.1, 0.15) is 23.0 Å². The molecule has 0 fully saturated rings. The highest BCUT2D eigenvalue weighted by atomic mass is 16.4. The second-order valence-corrected chi connectivity index (χ2v) is 4.56. The first-order valence-corrected chi connectivity index (χ1v) is 6.26. The zero-order valence-electron chi connectivity index (χ0n) is 11.1. The lowest BCUT2D eigenvalue weighted by Gasteiger charge is -2.18. The van der Waals surface area contributed by atoms with Crippen LogP contribution in [0.3, 0.4) is 0 Å². The van der Waals surface area contributed by atoms with Crippen molar-refractivity contribution in [2.45, 2.75) is 13.5 Å². The maximum atomic E-state index is 10.9. The topological polar surface area (TPSA) is 96.8 Å². The van der Waals surface area contributed by atoms with E-state index in [-0.39, 0.29) is 18.2 Å². The number of nitrogens with zero attached hydrogens (tertiary/aromatic N) is 1. The Morgan fingerprint density at radius 3 is 2.70 bits per heavy atom. The number of likely N-dealkylation sites (N-methyl/N-ethyl adjacent to an activating group) is 1. The Balaban J connectivity index is 2.22. The van der Waals surface area contributed by atoms with Crippen LogP contribution in [0, 0.1) is 0 Å². The van der Waals surface area contributed by atoms with Crippen molar-refractivity contribution in [2.75, 3.05) is 13.1 Å². The average Bonchev–Trinajstić information content (AvgIpc) is 2.80. The fraction of sp³-hybridized carbons (Fsp3) is 0.286. The first-order chi connectivity index (χ1) is 9.49. The van der Waals surface area contributed by atoms with Gasteiger partial charge in [0.15, 0.2) is 0 Å². The monoisotopic (exact) mass is 276 g/mol. The Kier molecular flexibility index (Phi) is 4.05. The zero-order valence-corrected chi connectivity index (χ0v) is 11.1. The predicted octanol–water partition coefficient (Wildman–Crippen LogP) is 1.44. The third kappa shape index (κ3) is 3.16. The number of rotatable bonds is 6. The van der Waals surface area contributed by atoms with E-state index in [4.69, 9.17) is 15.3 Å².